The maximum absolute atomic E-state index is 13.5. The predicted molar refractivity (Wildman–Crippen MR) is 68.7 cm³/mol. The average molecular weight is 267 g/mol. The van der Waals surface area contributed by atoms with Crippen LogP contribution in [-0.4, -0.2) is 41.7 Å². The van der Waals surface area contributed by atoms with Crippen molar-refractivity contribution in [2.45, 2.75) is 25.4 Å². The number of benzene rings is 1. The van der Waals surface area contributed by atoms with Crippen molar-refractivity contribution < 1.29 is 19.0 Å². The second kappa shape index (κ2) is 5.17. The summed E-state index contributed by atoms with van der Waals surface area (Å²) in [5, 5.41) is 10.0. The van der Waals surface area contributed by atoms with Crippen LogP contribution >= 0.6 is 0 Å². The van der Waals surface area contributed by atoms with E-state index in [9.17, 15) is 14.3 Å². The average Bonchev–Trinajstić information content (AvgIpc) is 2.35. The molecule has 1 amide bonds. The number of halogens is 1. The zero-order chi connectivity index (χ0) is 14.0. The fourth-order valence-corrected chi connectivity index (χ4v) is 2.41. The summed E-state index contributed by atoms with van der Waals surface area (Å²) in [6.07, 6.45) is 1.55. The lowest BCUT2D eigenvalue weighted by Gasteiger charge is -2.46. The smallest absolute Gasteiger partial charge is 0.254 e. The van der Waals surface area contributed by atoms with Crippen LogP contribution in [0.1, 0.15) is 30.1 Å². The molecule has 0 atom stereocenters. The summed E-state index contributed by atoms with van der Waals surface area (Å²) in [6.45, 7) is 2.61. The van der Waals surface area contributed by atoms with E-state index in [4.69, 9.17) is 4.74 Å². The summed E-state index contributed by atoms with van der Waals surface area (Å²) in [5.74, 6) is -0.706. The fourth-order valence-electron chi connectivity index (χ4n) is 2.41. The molecule has 1 heterocycles. The van der Waals surface area contributed by atoms with Gasteiger partial charge in [0.05, 0.1) is 25.8 Å². The van der Waals surface area contributed by atoms with Crippen molar-refractivity contribution in [1.29, 1.82) is 0 Å². The van der Waals surface area contributed by atoms with Crippen LogP contribution in [0, 0.1) is 5.82 Å². The van der Waals surface area contributed by atoms with Gasteiger partial charge in [0.1, 0.15) is 0 Å². The number of ether oxygens (including phenoxy) is 1. The highest BCUT2D eigenvalue weighted by atomic mass is 19.1. The van der Waals surface area contributed by atoms with E-state index in [1.165, 1.54) is 30.2 Å². The van der Waals surface area contributed by atoms with Crippen LogP contribution in [0.2, 0.25) is 0 Å². The number of carbonyl (C=O) groups excluding carboxylic acids is 1. The third-order valence-electron chi connectivity index (χ3n) is 3.37. The minimum absolute atomic E-state index is 0.114. The quantitative estimate of drug-likeness (QED) is 0.905. The first kappa shape index (κ1) is 13.8. The van der Waals surface area contributed by atoms with Crippen molar-refractivity contribution in [3.8, 4) is 5.75 Å². The summed E-state index contributed by atoms with van der Waals surface area (Å²) >= 11 is 0. The number of hydrogen-bond acceptors (Lipinski definition) is 3. The van der Waals surface area contributed by atoms with Gasteiger partial charge in [0.2, 0.25) is 0 Å². The van der Waals surface area contributed by atoms with Gasteiger partial charge in [0.15, 0.2) is 11.6 Å². The highest BCUT2D eigenvalue weighted by Gasteiger charge is 2.42. The molecule has 1 N–H and O–H groups in total. The van der Waals surface area contributed by atoms with E-state index in [-0.39, 0.29) is 17.2 Å². The molecule has 19 heavy (non-hydrogen) atoms. The molecular formula is C14H18FNO3. The monoisotopic (exact) mass is 267 g/mol. The van der Waals surface area contributed by atoms with E-state index in [0.717, 1.165) is 6.42 Å². The van der Waals surface area contributed by atoms with E-state index in [1.54, 1.807) is 0 Å². The van der Waals surface area contributed by atoms with Gasteiger partial charge in [-0.1, -0.05) is 13.3 Å². The van der Waals surface area contributed by atoms with Gasteiger partial charge in [-0.2, -0.15) is 0 Å². The molecule has 0 aromatic heterocycles. The van der Waals surface area contributed by atoms with Crippen LogP contribution in [0.15, 0.2) is 18.2 Å². The molecule has 1 saturated heterocycles. The highest BCUT2D eigenvalue weighted by Crippen LogP contribution is 2.28. The summed E-state index contributed by atoms with van der Waals surface area (Å²) in [5.41, 5.74) is -0.494. The zero-order valence-electron chi connectivity index (χ0n) is 11.1. The fraction of sp³-hybridized carbons (Fsp3) is 0.500. The standard InChI is InChI=1S/C14H18FNO3/c1-3-6-14(18)8-16(9-14)13(17)10-4-5-12(19-2)11(15)7-10/h4-5,7,18H,3,6,8-9H2,1-2H3. The van der Waals surface area contributed by atoms with Crippen LogP contribution in [0.3, 0.4) is 0 Å². The van der Waals surface area contributed by atoms with Gasteiger partial charge in [-0.05, 0) is 24.6 Å². The first-order valence-electron chi connectivity index (χ1n) is 6.34. The van der Waals surface area contributed by atoms with Gasteiger partial charge in [-0.15, -0.1) is 0 Å². The van der Waals surface area contributed by atoms with E-state index in [1.807, 2.05) is 6.92 Å². The Bertz CT molecular complexity index is 484. The maximum Gasteiger partial charge on any atom is 0.254 e. The third kappa shape index (κ3) is 2.71. The predicted octanol–water partition coefficient (Wildman–Crippen LogP) is 1.82. The molecule has 4 nitrogen and oxygen atoms in total. The van der Waals surface area contributed by atoms with Crippen LogP contribution in [0.4, 0.5) is 4.39 Å². The van der Waals surface area contributed by atoms with Crippen molar-refractivity contribution in [2.75, 3.05) is 20.2 Å². The Labute approximate surface area is 111 Å². The Morgan fingerprint density at radius 3 is 2.74 bits per heavy atom. The Hall–Kier alpha value is -1.62. The summed E-state index contributed by atoms with van der Waals surface area (Å²) in [6, 6.07) is 4.13. The number of aliphatic hydroxyl groups is 1. The van der Waals surface area contributed by atoms with Crippen molar-refractivity contribution >= 4 is 5.91 Å². The molecule has 0 spiro atoms. The molecule has 5 heteroatoms. The molecular weight excluding hydrogens is 249 g/mol. The lowest BCUT2D eigenvalue weighted by atomic mass is 9.89. The van der Waals surface area contributed by atoms with Gasteiger partial charge in [0.25, 0.3) is 5.91 Å². The summed E-state index contributed by atoms with van der Waals surface area (Å²) < 4.78 is 18.3. The number of methoxy groups -OCH3 is 1. The van der Waals surface area contributed by atoms with E-state index in [2.05, 4.69) is 0 Å². The molecule has 0 unspecified atom stereocenters. The van der Waals surface area contributed by atoms with Crippen LogP contribution in [0.25, 0.3) is 0 Å². The third-order valence-corrected chi connectivity index (χ3v) is 3.37. The number of rotatable bonds is 4. The molecule has 0 radical (unpaired) electrons. The molecule has 1 aliphatic rings. The van der Waals surface area contributed by atoms with Gasteiger partial charge < -0.3 is 14.7 Å². The molecule has 0 saturated carbocycles. The lowest BCUT2D eigenvalue weighted by Crippen LogP contribution is -2.63. The van der Waals surface area contributed by atoms with Crippen molar-refractivity contribution in [3.05, 3.63) is 29.6 Å². The molecule has 104 valence electrons. The number of hydrogen-bond donors (Lipinski definition) is 1. The number of carbonyl (C=O) groups is 1. The number of amides is 1. The summed E-state index contributed by atoms with van der Waals surface area (Å²) in [4.78, 5) is 13.6. The second-order valence-electron chi connectivity index (χ2n) is 4.98. The van der Waals surface area contributed by atoms with E-state index in [0.29, 0.717) is 19.5 Å². The maximum atomic E-state index is 13.5. The normalized spacial score (nSPS) is 16.9. The SMILES string of the molecule is CCCC1(O)CN(C(=O)c2ccc(OC)c(F)c2)C1. The van der Waals surface area contributed by atoms with E-state index >= 15 is 0 Å². The van der Waals surface area contributed by atoms with Crippen molar-refractivity contribution in [2.24, 2.45) is 0 Å². The van der Waals surface area contributed by atoms with Crippen molar-refractivity contribution in [1.82, 2.24) is 4.90 Å². The van der Waals surface area contributed by atoms with E-state index < -0.39 is 11.4 Å². The van der Waals surface area contributed by atoms with Crippen LogP contribution in [-0.2, 0) is 0 Å². The number of likely N-dealkylation sites (tertiary alicyclic amines) is 1. The molecule has 0 bridgehead atoms. The number of nitrogens with zero attached hydrogens (tertiary/aromatic N) is 1. The Balaban J connectivity index is 2.04. The Morgan fingerprint density at radius 2 is 2.21 bits per heavy atom. The molecule has 1 aromatic carbocycles. The van der Waals surface area contributed by atoms with Gasteiger partial charge in [-0.25, -0.2) is 4.39 Å². The van der Waals surface area contributed by atoms with Gasteiger partial charge in [0, 0.05) is 5.56 Å². The largest absolute Gasteiger partial charge is 0.494 e. The van der Waals surface area contributed by atoms with Gasteiger partial charge in [-0.3, -0.25) is 4.79 Å². The molecule has 2 rings (SSSR count). The zero-order valence-corrected chi connectivity index (χ0v) is 11.1. The molecule has 1 fully saturated rings. The molecule has 0 aliphatic carbocycles. The van der Waals surface area contributed by atoms with Gasteiger partial charge >= 0.3 is 0 Å². The first-order valence-corrected chi connectivity index (χ1v) is 6.34. The minimum atomic E-state index is -0.768. The van der Waals surface area contributed by atoms with Crippen LogP contribution in [0.5, 0.6) is 5.75 Å². The number of β-amino-alcohol motifs (C(OH)–C–C–N with tert-alkyl or cyclic N) is 1. The Kier molecular flexibility index (Phi) is 3.75. The topological polar surface area (TPSA) is 49.8 Å². The second-order valence-corrected chi connectivity index (χ2v) is 4.98. The van der Waals surface area contributed by atoms with Crippen molar-refractivity contribution in [3.63, 3.8) is 0 Å². The highest BCUT2D eigenvalue weighted by molar-refractivity contribution is 5.95. The molecule has 1 aliphatic heterocycles. The first-order chi connectivity index (χ1) is 8.99. The minimum Gasteiger partial charge on any atom is -0.494 e. The Morgan fingerprint density at radius 1 is 1.53 bits per heavy atom. The molecule has 1 aromatic rings. The lowest BCUT2D eigenvalue weighted by molar-refractivity contribution is -0.0860. The summed E-state index contributed by atoms with van der Waals surface area (Å²) in [7, 11) is 1.38. The van der Waals surface area contributed by atoms with Crippen LogP contribution < -0.4 is 4.74 Å².